The topological polar surface area (TPSA) is 60.3 Å². The normalized spacial score (nSPS) is 20.9. The number of likely N-dealkylation sites (tertiary alicyclic amines) is 1. The lowest BCUT2D eigenvalue weighted by atomic mass is 9.84. The molecule has 2 saturated heterocycles. The highest BCUT2D eigenvalue weighted by molar-refractivity contribution is 5.90. The summed E-state index contributed by atoms with van der Waals surface area (Å²) < 4.78 is 20.8. The maximum absolute atomic E-state index is 13.7. The van der Waals surface area contributed by atoms with Crippen molar-refractivity contribution in [3.05, 3.63) is 41.7 Å². The van der Waals surface area contributed by atoms with Crippen molar-refractivity contribution < 1.29 is 13.9 Å². The van der Waals surface area contributed by atoms with Crippen LogP contribution in [0.15, 0.2) is 24.3 Å². The molecule has 0 radical (unpaired) electrons. The van der Waals surface area contributed by atoms with Crippen molar-refractivity contribution in [1.29, 1.82) is 0 Å². The van der Waals surface area contributed by atoms with Gasteiger partial charge in [-0.05, 0) is 49.3 Å². The smallest absolute Gasteiger partial charge is 0.293 e. The zero-order chi connectivity index (χ0) is 19.7. The van der Waals surface area contributed by atoms with E-state index in [1.54, 1.807) is 16.8 Å². The summed E-state index contributed by atoms with van der Waals surface area (Å²) in [6, 6.07) is 6.20. The molecule has 7 heteroatoms. The second-order valence-electron chi connectivity index (χ2n) is 8.09. The summed E-state index contributed by atoms with van der Waals surface area (Å²) in [5.74, 6) is 1.70. The number of nitrogens with zero attached hydrogens (tertiary/aromatic N) is 4. The van der Waals surface area contributed by atoms with Crippen molar-refractivity contribution in [1.82, 2.24) is 19.7 Å². The SMILES string of the molecule is CC(C)c1nc(C(=O)N2CCC(C3CCOC3)CC2)nn1-c1cccc(F)c1. The third-order valence-electron chi connectivity index (χ3n) is 5.85. The molecule has 0 N–H and O–H groups in total. The van der Waals surface area contributed by atoms with Gasteiger partial charge in [0.15, 0.2) is 0 Å². The van der Waals surface area contributed by atoms with Gasteiger partial charge in [-0.15, -0.1) is 5.10 Å². The van der Waals surface area contributed by atoms with Crippen LogP contribution in [0, 0.1) is 17.7 Å². The quantitative estimate of drug-likeness (QED) is 0.808. The Balaban J connectivity index is 1.51. The van der Waals surface area contributed by atoms with Crippen molar-refractivity contribution in [3.63, 3.8) is 0 Å². The van der Waals surface area contributed by atoms with Crippen molar-refractivity contribution in [3.8, 4) is 5.69 Å². The van der Waals surface area contributed by atoms with Crippen LogP contribution in [0.4, 0.5) is 4.39 Å². The molecule has 6 nitrogen and oxygen atoms in total. The maximum Gasteiger partial charge on any atom is 0.293 e. The molecule has 2 aliphatic heterocycles. The van der Waals surface area contributed by atoms with Crippen LogP contribution in [0.2, 0.25) is 0 Å². The molecule has 1 aromatic heterocycles. The molecule has 1 atom stereocenters. The Morgan fingerprint density at radius 3 is 2.64 bits per heavy atom. The second-order valence-corrected chi connectivity index (χ2v) is 8.09. The molecule has 2 fully saturated rings. The van der Waals surface area contributed by atoms with Crippen LogP contribution in [0.25, 0.3) is 5.69 Å². The van der Waals surface area contributed by atoms with Gasteiger partial charge in [0.1, 0.15) is 11.6 Å². The van der Waals surface area contributed by atoms with Crippen LogP contribution in [0.5, 0.6) is 0 Å². The van der Waals surface area contributed by atoms with Crippen LogP contribution >= 0.6 is 0 Å². The van der Waals surface area contributed by atoms with Gasteiger partial charge in [-0.3, -0.25) is 4.79 Å². The molecule has 3 heterocycles. The summed E-state index contributed by atoms with van der Waals surface area (Å²) in [6.07, 6.45) is 3.14. The number of carbonyl (C=O) groups excluding carboxylic acids is 1. The summed E-state index contributed by atoms with van der Waals surface area (Å²) in [7, 11) is 0. The molecule has 2 aromatic rings. The van der Waals surface area contributed by atoms with E-state index in [2.05, 4.69) is 10.1 Å². The monoisotopic (exact) mass is 386 g/mol. The molecule has 0 saturated carbocycles. The highest BCUT2D eigenvalue weighted by Gasteiger charge is 2.32. The molecule has 150 valence electrons. The van der Waals surface area contributed by atoms with Crippen LogP contribution < -0.4 is 0 Å². The third kappa shape index (κ3) is 3.81. The van der Waals surface area contributed by atoms with Crippen molar-refractivity contribution >= 4 is 5.91 Å². The van der Waals surface area contributed by atoms with Gasteiger partial charge in [-0.1, -0.05) is 19.9 Å². The highest BCUT2D eigenvalue weighted by Crippen LogP contribution is 2.31. The van der Waals surface area contributed by atoms with Gasteiger partial charge in [0, 0.05) is 32.2 Å². The van der Waals surface area contributed by atoms with Gasteiger partial charge in [0.2, 0.25) is 5.82 Å². The maximum atomic E-state index is 13.7. The number of hydrogen-bond acceptors (Lipinski definition) is 4. The van der Waals surface area contributed by atoms with E-state index in [9.17, 15) is 9.18 Å². The van der Waals surface area contributed by atoms with Crippen LogP contribution in [0.1, 0.15) is 55.5 Å². The average molecular weight is 386 g/mol. The van der Waals surface area contributed by atoms with Crippen molar-refractivity contribution in [2.75, 3.05) is 26.3 Å². The molecular weight excluding hydrogens is 359 g/mol. The minimum atomic E-state index is -0.339. The number of hydrogen-bond donors (Lipinski definition) is 0. The molecule has 28 heavy (non-hydrogen) atoms. The Labute approximate surface area is 164 Å². The Bertz CT molecular complexity index is 837. The van der Waals surface area contributed by atoms with Crippen molar-refractivity contribution in [2.24, 2.45) is 11.8 Å². The number of amides is 1. The number of piperidine rings is 1. The van der Waals surface area contributed by atoms with E-state index in [0.717, 1.165) is 45.6 Å². The molecular formula is C21H27FN4O2. The largest absolute Gasteiger partial charge is 0.381 e. The van der Waals surface area contributed by atoms with E-state index in [1.807, 2.05) is 18.7 Å². The number of carbonyl (C=O) groups is 1. The van der Waals surface area contributed by atoms with Crippen molar-refractivity contribution in [2.45, 2.75) is 39.0 Å². The van der Waals surface area contributed by atoms with E-state index < -0.39 is 0 Å². The van der Waals surface area contributed by atoms with Gasteiger partial charge in [-0.2, -0.15) is 0 Å². The van der Waals surface area contributed by atoms with Gasteiger partial charge in [-0.25, -0.2) is 14.1 Å². The molecule has 1 unspecified atom stereocenters. The molecule has 4 rings (SSSR count). The fourth-order valence-corrected chi connectivity index (χ4v) is 4.23. The Kier molecular flexibility index (Phi) is 5.44. The molecule has 1 amide bonds. The van der Waals surface area contributed by atoms with E-state index in [4.69, 9.17) is 4.74 Å². The molecule has 0 spiro atoms. The number of rotatable bonds is 4. The standard InChI is InChI=1S/C21H27FN4O2/c1-14(2)20-23-19(24-26(20)18-5-3-4-17(22)12-18)21(27)25-9-6-15(7-10-25)16-8-11-28-13-16/h3-5,12,14-16H,6-11,13H2,1-2H3. The Morgan fingerprint density at radius 2 is 2.00 bits per heavy atom. The first-order chi connectivity index (χ1) is 13.5. The predicted molar refractivity (Wildman–Crippen MR) is 103 cm³/mol. The number of benzene rings is 1. The molecule has 1 aromatic carbocycles. The Hall–Kier alpha value is -2.28. The minimum Gasteiger partial charge on any atom is -0.381 e. The van der Waals surface area contributed by atoms with Crippen LogP contribution in [-0.4, -0.2) is 51.9 Å². The molecule has 2 aliphatic rings. The number of ether oxygens (including phenoxy) is 1. The average Bonchev–Trinajstić information content (AvgIpc) is 3.38. The minimum absolute atomic E-state index is 0.0606. The summed E-state index contributed by atoms with van der Waals surface area (Å²) in [5, 5.41) is 4.44. The lowest BCUT2D eigenvalue weighted by Crippen LogP contribution is -2.40. The first kappa shape index (κ1) is 19.1. The van der Waals surface area contributed by atoms with Crippen LogP contribution in [0.3, 0.4) is 0 Å². The van der Waals surface area contributed by atoms with E-state index in [0.29, 0.717) is 23.3 Å². The van der Waals surface area contributed by atoms with Gasteiger partial charge in [0.25, 0.3) is 5.91 Å². The Morgan fingerprint density at radius 1 is 1.21 bits per heavy atom. The van der Waals surface area contributed by atoms with E-state index in [-0.39, 0.29) is 23.5 Å². The molecule has 0 aliphatic carbocycles. The fraction of sp³-hybridized carbons (Fsp3) is 0.571. The fourth-order valence-electron chi connectivity index (χ4n) is 4.23. The molecule has 0 bridgehead atoms. The number of aromatic nitrogens is 3. The van der Waals surface area contributed by atoms with E-state index in [1.165, 1.54) is 12.1 Å². The van der Waals surface area contributed by atoms with Gasteiger partial charge < -0.3 is 9.64 Å². The first-order valence-electron chi connectivity index (χ1n) is 10.1. The number of halogens is 1. The lowest BCUT2D eigenvalue weighted by Gasteiger charge is -2.33. The highest BCUT2D eigenvalue weighted by atomic mass is 19.1. The van der Waals surface area contributed by atoms with Crippen LogP contribution in [-0.2, 0) is 4.74 Å². The third-order valence-corrected chi connectivity index (χ3v) is 5.85. The zero-order valence-electron chi connectivity index (χ0n) is 16.5. The summed E-state index contributed by atoms with van der Waals surface area (Å²) in [4.78, 5) is 19.4. The summed E-state index contributed by atoms with van der Waals surface area (Å²) >= 11 is 0. The van der Waals surface area contributed by atoms with E-state index >= 15 is 0 Å². The second kappa shape index (κ2) is 7.99. The summed E-state index contributed by atoms with van der Waals surface area (Å²) in [6.45, 7) is 7.16. The summed E-state index contributed by atoms with van der Waals surface area (Å²) in [5.41, 5.74) is 0.579. The van der Waals surface area contributed by atoms with Gasteiger partial charge >= 0.3 is 0 Å². The van der Waals surface area contributed by atoms with Gasteiger partial charge in [0.05, 0.1) is 5.69 Å². The zero-order valence-corrected chi connectivity index (χ0v) is 16.5. The first-order valence-corrected chi connectivity index (χ1v) is 10.1. The lowest BCUT2D eigenvalue weighted by molar-refractivity contribution is 0.0636. The predicted octanol–water partition coefficient (Wildman–Crippen LogP) is 3.42.